The first kappa shape index (κ1) is 16.0. The standard InChI is InChI=1S/C11H2BrCl2F5S/c12-5(2-1-3(13)20-11(2)14)4-6(15)8(17)10(19)9(18)7(4)16/h1,5H. The molecule has 0 radical (unpaired) electrons. The minimum atomic E-state index is -2.21. The van der Waals surface area contributed by atoms with Gasteiger partial charge in [0.05, 0.1) is 13.5 Å². The highest BCUT2D eigenvalue weighted by atomic mass is 79.9. The average molecular weight is 412 g/mol. The van der Waals surface area contributed by atoms with Crippen molar-refractivity contribution in [3.63, 3.8) is 0 Å². The Labute approximate surface area is 132 Å². The molecule has 2 rings (SSSR count). The summed E-state index contributed by atoms with van der Waals surface area (Å²) >= 11 is 15.3. The van der Waals surface area contributed by atoms with E-state index in [9.17, 15) is 22.0 Å². The van der Waals surface area contributed by atoms with Crippen molar-refractivity contribution >= 4 is 50.5 Å². The van der Waals surface area contributed by atoms with Crippen LogP contribution in [0.1, 0.15) is 16.0 Å². The molecule has 0 aliphatic rings. The van der Waals surface area contributed by atoms with Crippen LogP contribution in [0.25, 0.3) is 0 Å². The molecule has 2 aromatic rings. The van der Waals surface area contributed by atoms with E-state index in [0.29, 0.717) is 0 Å². The minimum absolute atomic E-state index is 0.0841. The summed E-state index contributed by atoms with van der Waals surface area (Å²) in [7, 11) is 0. The zero-order valence-electron chi connectivity index (χ0n) is 9.09. The Balaban J connectivity index is 2.67. The van der Waals surface area contributed by atoms with Crippen LogP contribution < -0.4 is 0 Å². The fraction of sp³-hybridized carbons (Fsp3) is 0.0909. The van der Waals surface area contributed by atoms with Crippen molar-refractivity contribution in [2.75, 3.05) is 0 Å². The van der Waals surface area contributed by atoms with Crippen molar-refractivity contribution in [2.45, 2.75) is 4.83 Å². The van der Waals surface area contributed by atoms with Crippen molar-refractivity contribution < 1.29 is 22.0 Å². The molecule has 0 N–H and O–H groups in total. The van der Waals surface area contributed by atoms with E-state index in [0.717, 1.165) is 11.3 Å². The van der Waals surface area contributed by atoms with E-state index in [1.807, 2.05) is 0 Å². The molecule has 0 saturated carbocycles. The van der Waals surface area contributed by atoms with Crippen LogP contribution in [0.2, 0.25) is 8.67 Å². The third kappa shape index (κ3) is 2.56. The molecule has 1 atom stereocenters. The summed E-state index contributed by atoms with van der Waals surface area (Å²) in [5, 5.41) is 0. The number of rotatable bonds is 2. The first-order chi connectivity index (χ1) is 9.25. The second-order valence-electron chi connectivity index (χ2n) is 3.63. The zero-order chi connectivity index (χ0) is 15.2. The van der Waals surface area contributed by atoms with Crippen LogP contribution in [-0.4, -0.2) is 0 Å². The number of benzene rings is 1. The molecule has 0 aliphatic carbocycles. The van der Waals surface area contributed by atoms with Gasteiger partial charge in [-0.1, -0.05) is 39.1 Å². The van der Waals surface area contributed by atoms with E-state index in [1.54, 1.807) is 0 Å². The summed E-state index contributed by atoms with van der Waals surface area (Å²) in [6, 6.07) is 1.28. The number of halogens is 8. The number of alkyl halides is 1. The van der Waals surface area contributed by atoms with Gasteiger partial charge in [-0.2, -0.15) is 0 Å². The smallest absolute Gasteiger partial charge is 0.200 e. The molecule has 0 fully saturated rings. The summed E-state index contributed by atoms with van der Waals surface area (Å²) < 4.78 is 66.9. The van der Waals surface area contributed by atoms with Crippen LogP contribution >= 0.6 is 50.5 Å². The third-order valence-corrected chi connectivity index (χ3v) is 4.92. The number of hydrogen-bond donors (Lipinski definition) is 0. The van der Waals surface area contributed by atoms with Gasteiger partial charge in [0.1, 0.15) is 0 Å². The van der Waals surface area contributed by atoms with Crippen molar-refractivity contribution in [1.29, 1.82) is 0 Å². The van der Waals surface area contributed by atoms with Crippen LogP contribution in [0, 0.1) is 29.1 Å². The maximum atomic E-state index is 13.7. The molecule has 9 heteroatoms. The van der Waals surface area contributed by atoms with Gasteiger partial charge in [0.15, 0.2) is 23.3 Å². The van der Waals surface area contributed by atoms with E-state index >= 15 is 0 Å². The molecule has 0 amide bonds. The SMILES string of the molecule is Fc1c(F)c(F)c(C(Br)c2cc(Cl)sc2Cl)c(F)c1F. The molecule has 1 aromatic heterocycles. The fourth-order valence-electron chi connectivity index (χ4n) is 1.53. The van der Waals surface area contributed by atoms with Crippen molar-refractivity contribution in [2.24, 2.45) is 0 Å². The zero-order valence-corrected chi connectivity index (χ0v) is 13.0. The Hall–Kier alpha value is -0.370. The summed E-state index contributed by atoms with van der Waals surface area (Å²) in [6.45, 7) is 0. The van der Waals surface area contributed by atoms with E-state index in [2.05, 4.69) is 15.9 Å². The molecule has 0 nitrogen and oxygen atoms in total. The van der Waals surface area contributed by atoms with Gasteiger partial charge in [-0.15, -0.1) is 11.3 Å². The molecule has 1 unspecified atom stereocenters. The molecule has 0 saturated heterocycles. The Morgan fingerprint density at radius 2 is 1.35 bits per heavy atom. The molecule has 1 heterocycles. The summed E-state index contributed by atoms with van der Waals surface area (Å²) in [5.41, 5.74) is -0.900. The van der Waals surface area contributed by atoms with Crippen LogP contribution in [0.4, 0.5) is 22.0 Å². The van der Waals surface area contributed by atoms with Crippen molar-refractivity contribution in [1.82, 2.24) is 0 Å². The Morgan fingerprint density at radius 3 is 1.75 bits per heavy atom. The van der Waals surface area contributed by atoms with Gasteiger partial charge in [0.2, 0.25) is 5.82 Å². The lowest BCUT2D eigenvalue weighted by Crippen LogP contribution is -2.09. The van der Waals surface area contributed by atoms with Crippen LogP contribution in [0.15, 0.2) is 6.07 Å². The lowest BCUT2D eigenvalue weighted by molar-refractivity contribution is 0.371. The van der Waals surface area contributed by atoms with Crippen LogP contribution in [0.5, 0.6) is 0 Å². The Kier molecular flexibility index (Phi) is 4.63. The minimum Gasteiger partial charge on any atom is -0.203 e. The number of hydrogen-bond acceptors (Lipinski definition) is 1. The van der Waals surface area contributed by atoms with E-state index < -0.39 is 39.5 Å². The molecule has 20 heavy (non-hydrogen) atoms. The second kappa shape index (κ2) is 5.79. The molecular weight excluding hydrogens is 410 g/mol. The molecular formula is C11H2BrCl2F5S. The average Bonchev–Trinajstić information content (AvgIpc) is 2.73. The quantitative estimate of drug-likeness (QED) is 0.237. The first-order valence-electron chi connectivity index (χ1n) is 4.85. The highest BCUT2D eigenvalue weighted by Crippen LogP contribution is 2.43. The lowest BCUT2D eigenvalue weighted by Gasteiger charge is -2.13. The van der Waals surface area contributed by atoms with Gasteiger partial charge in [-0.3, -0.25) is 0 Å². The summed E-state index contributed by atoms with van der Waals surface area (Å²) in [6.07, 6.45) is 0. The van der Waals surface area contributed by atoms with Crippen LogP contribution in [-0.2, 0) is 0 Å². The third-order valence-electron chi connectivity index (χ3n) is 2.45. The second-order valence-corrected chi connectivity index (χ2v) is 6.83. The Bertz CT molecular complexity index is 659. The molecule has 0 spiro atoms. The van der Waals surface area contributed by atoms with Gasteiger partial charge in [0.25, 0.3) is 0 Å². The normalized spacial score (nSPS) is 12.8. The van der Waals surface area contributed by atoms with Gasteiger partial charge in [-0.25, -0.2) is 22.0 Å². The first-order valence-corrected chi connectivity index (χ1v) is 7.34. The van der Waals surface area contributed by atoms with Crippen molar-refractivity contribution in [3.8, 4) is 0 Å². The predicted molar refractivity (Wildman–Crippen MR) is 71.3 cm³/mol. The largest absolute Gasteiger partial charge is 0.203 e. The van der Waals surface area contributed by atoms with Crippen molar-refractivity contribution in [3.05, 3.63) is 55.0 Å². The fourth-order valence-corrected chi connectivity index (χ4v) is 4.10. The van der Waals surface area contributed by atoms with Gasteiger partial charge >= 0.3 is 0 Å². The highest BCUT2D eigenvalue weighted by molar-refractivity contribution is 9.09. The van der Waals surface area contributed by atoms with Gasteiger partial charge in [-0.05, 0) is 6.07 Å². The highest BCUT2D eigenvalue weighted by Gasteiger charge is 2.31. The summed E-state index contributed by atoms with van der Waals surface area (Å²) in [5.74, 6) is -10.1. The number of thiophene rings is 1. The molecule has 0 bridgehead atoms. The monoisotopic (exact) mass is 410 g/mol. The van der Waals surface area contributed by atoms with Gasteiger partial charge < -0.3 is 0 Å². The maximum Gasteiger partial charge on any atom is 0.200 e. The maximum absolute atomic E-state index is 13.7. The van der Waals surface area contributed by atoms with E-state index in [1.165, 1.54) is 6.07 Å². The Morgan fingerprint density at radius 1 is 0.900 bits per heavy atom. The topological polar surface area (TPSA) is 0 Å². The molecule has 1 aromatic carbocycles. The molecule has 108 valence electrons. The summed E-state index contributed by atoms with van der Waals surface area (Å²) in [4.78, 5) is -1.32. The van der Waals surface area contributed by atoms with E-state index in [-0.39, 0.29) is 14.2 Å². The molecule has 0 aliphatic heterocycles. The van der Waals surface area contributed by atoms with E-state index in [4.69, 9.17) is 23.2 Å². The predicted octanol–water partition coefficient (Wildman–Crippen LogP) is 6.23. The van der Waals surface area contributed by atoms with Crippen LogP contribution in [0.3, 0.4) is 0 Å². The lowest BCUT2D eigenvalue weighted by atomic mass is 10.1. The van der Waals surface area contributed by atoms with Gasteiger partial charge in [0, 0.05) is 11.1 Å².